The second kappa shape index (κ2) is 10.9. The number of methoxy groups -OCH3 is 1. The molecule has 2 aromatic carbocycles. The van der Waals surface area contributed by atoms with Gasteiger partial charge in [0.05, 0.1) is 19.3 Å². The first-order valence-corrected chi connectivity index (χ1v) is 8.97. The van der Waals surface area contributed by atoms with E-state index in [2.05, 4.69) is 11.2 Å². The largest absolute Gasteiger partial charge is 0.497 e. The number of rotatable bonds is 8. The first-order chi connectivity index (χ1) is 14.5. The molecule has 0 atom stereocenters. The molecule has 7 nitrogen and oxygen atoms in total. The van der Waals surface area contributed by atoms with E-state index in [1.54, 1.807) is 37.3 Å². The Kier molecular flexibility index (Phi) is 8.04. The van der Waals surface area contributed by atoms with E-state index in [9.17, 15) is 14.9 Å². The van der Waals surface area contributed by atoms with Crippen LogP contribution in [0.4, 0.5) is 5.69 Å². The number of nitriles is 1. The van der Waals surface area contributed by atoms with Crippen LogP contribution < -0.4 is 14.8 Å². The molecule has 0 aromatic heterocycles. The summed E-state index contributed by atoms with van der Waals surface area (Å²) in [4.78, 5) is 24.2. The molecule has 0 spiro atoms. The van der Waals surface area contributed by atoms with Gasteiger partial charge in [-0.2, -0.15) is 5.26 Å². The molecule has 0 bridgehead atoms. The third-order valence-corrected chi connectivity index (χ3v) is 3.85. The van der Waals surface area contributed by atoms with E-state index in [0.717, 1.165) is 0 Å². The van der Waals surface area contributed by atoms with Crippen molar-refractivity contribution in [2.45, 2.75) is 6.92 Å². The number of benzene rings is 2. The minimum absolute atomic E-state index is 0.0227. The summed E-state index contributed by atoms with van der Waals surface area (Å²) in [6, 6.07) is 13.0. The molecular formula is C23H20N2O5. The highest BCUT2D eigenvalue weighted by Crippen LogP contribution is 2.27. The van der Waals surface area contributed by atoms with Crippen LogP contribution in [0.15, 0.2) is 48.0 Å². The molecule has 0 aliphatic heterocycles. The maximum Gasteiger partial charge on any atom is 0.338 e. The first-order valence-electron chi connectivity index (χ1n) is 8.97. The normalized spacial score (nSPS) is 10.3. The number of nitrogens with one attached hydrogen (secondary N) is 1. The van der Waals surface area contributed by atoms with Gasteiger partial charge in [0.1, 0.15) is 29.7 Å². The molecule has 0 heterocycles. The lowest BCUT2D eigenvalue weighted by molar-refractivity contribution is -0.112. The van der Waals surface area contributed by atoms with E-state index in [0.29, 0.717) is 28.3 Å². The quantitative estimate of drug-likeness (QED) is 0.313. The minimum Gasteiger partial charge on any atom is -0.497 e. The summed E-state index contributed by atoms with van der Waals surface area (Å²) < 4.78 is 15.6. The van der Waals surface area contributed by atoms with Gasteiger partial charge in [-0.25, -0.2) is 4.79 Å². The number of carbonyl (C=O) groups excluding carboxylic acids is 2. The lowest BCUT2D eigenvalue weighted by Crippen LogP contribution is -2.14. The fourth-order valence-corrected chi connectivity index (χ4v) is 2.41. The van der Waals surface area contributed by atoms with E-state index in [1.165, 1.54) is 25.3 Å². The Morgan fingerprint density at radius 1 is 1.20 bits per heavy atom. The third-order valence-electron chi connectivity index (χ3n) is 3.85. The summed E-state index contributed by atoms with van der Waals surface area (Å²) in [5.74, 6) is 2.23. The Bertz CT molecular complexity index is 1030. The van der Waals surface area contributed by atoms with Crippen molar-refractivity contribution >= 4 is 23.6 Å². The Morgan fingerprint density at radius 3 is 2.53 bits per heavy atom. The molecule has 0 fully saturated rings. The molecule has 1 N–H and O–H groups in total. The predicted molar refractivity (Wildman–Crippen MR) is 112 cm³/mol. The van der Waals surface area contributed by atoms with Gasteiger partial charge in [-0.1, -0.05) is 5.92 Å². The predicted octanol–water partition coefficient (Wildman–Crippen LogP) is 3.43. The molecule has 1 amide bonds. The van der Waals surface area contributed by atoms with E-state index < -0.39 is 11.9 Å². The zero-order chi connectivity index (χ0) is 21.9. The Labute approximate surface area is 174 Å². The molecule has 0 aliphatic rings. The van der Waals surface area contributed by atoms with Gasteiger partial charge in [0.25, 0.3) is 5.91 Å². The molecule has 30 heavy (non-hydrogen) atoms. The monoisotopic (exact) mass is 404 g/mol. The Morgan fingerprint density at radius 2 is 1.93 bits per heavy atom. The van der Waals surface area contributed by atoms with Crippen molar-refractivity contribution in [3.05, 3.63) is 59.2 Å². The average molecular weight is 404 g/mol. The summed E-state index contributed by atoms with van der Waals surface area (Å²) >= 11 is 0. The number of esters is 1. The molecule has 152 valence electrons. The standard InChI is InChI=1S/C23H20N2O5/c1-4-12-30-21-14-20(28-3)11-8-17(21)13-18(15-24)22(26)25-19-9-6-16(7-10-19)23(27)29-5-2/h1,6-11,13-14H,5,12H2,2-3H3,(H,25,26)/b18-13+. The lowest BCUT2D eigenvalue weighted by atomic mass is 10.1. The molecule has 0 saturated carbocycles. The fourth-order valence-electron chi connectivity index (χ4n) is 2.41. The van der Waals surface area contributed by atoms with Crippen molar-refractivity contribution in [3.63, 3.8) is 0 Å². The van der Waals surface area contributed by atoms with Crippen molar-refractivity contribution < 1.29 is 23.8 Å². The summed E-state index contributed by atoms with van der Waals surface area (Å²) in [6.07, 6.45) is 6.63. The lowest BCUT2D eigenvalue weighted by Gasteiger charge is -2.10. The SMILES string of the molecule is C#CCOc1cc(OC)ccc1/C=C(\C#N)C(=O)Nc1ccc(C(=O)OCC)cc1. The van der Waals surface area contributed by atoms with Crippen LogP contribution in [0.25, 0.3) is 6.08 Å². The Hall–Kier alpha value is -4.23. The van der Waals surface area contributed by atoms with Crippen LogP contribution in [0.3, 0.4) is 0 Å². The zero-order valence-corrected chi connectivity index (χ0v) is 16.6. The van der Waals surface area contributed by atoms with Gasteiger partial charge < -0.3 is 19.5 Å². The fraction of sp³-hybridized carbons (Fsp3) is 0.174. The highest BCUT2D eigenvalue weighted by Gasteiger charge is 2.13. The number of nitrogens with zero attached hydrogens (tertiary/aromatic N) is 1. The van der Waals surface area contributed by atoms with Crippen molar-refractivity contribution in [1.29, 1.82) is 5.26 Å². The first kappa shape index (κ1) is 22.1. The maximum absolute atomic E-state index is 12.5. The molecule has 0 unspecified atom stereocenters. The third kappa shape index (κ3) is 5.88. The molecule has 0 radical (unpaired) electrons. The Balaban J connectivity index is 2.22. The van der Waals surface area contributed by atoms with Crippen molar-refractivity contribution in [2.24, 2.45) is 0 Å². The van der Waals surface area contributed by atoms with Crippen LogP contribution in [-0.4, -0.2) is 32.2 Å². The number of ether oxygens (including phenoxy) is 3. The van der Waals surface area contributed by atoms with E-state index in [1.807, 2.05) is 6.07 Å². The van der Waals surface area contributed by atoms with Crippen LogP contribution in [0.2, 0.25) is 0 Å². The van der Waals surface area contributed by atoms with Gasteiger partial charge in [0.15, 0.2) is 0 Å². The van der Waals surface area contributed by atoms with E-state index in [-0.39, 0.29) is 18.8 Å². The number of anilines is 1. The van der Waals surface area contributed by atoms with Crippen LogP contribution in [0.5, 0.6) is 11.5 Å². The van der Waals surface area contributed by atoms with E-state index >= 15 is 0 Å². The second-order valence-corrected chi connectivity index (χ2v) is 5.82. The number of carbonyl (C=O) groups is 2. The molecule has 2 rings (SSSR count). The summed E-state index contributed by atoms with van der Waals surface area (Å²) in [5.41, 5.74) is 1.14. The second-order valence-electron chi connectivity index (χ2n) is 5.82. The zero-order valence-electron chi connectivity index (χ0n) is 16.6. The van der Waals surface area contributed by atoms with Gasteiger partial charge in [-0.15, -0.1) is 6.42 Å². The summed E-state index contributed by atoms with van der Waals surface area (Å²) in [5, 5.41) is 12.1. The van der Waals surface area contributed by atoms with Crippen molar-refractivity contribution in [1.82, 2.24) is 0 Å². The topological polar surface area (TPSA) is 97.6 Å². The summed E-state index contributed by atoms with van der Waals surface area (Å²) in [6.45, 7) is 2.01. The molecule has 0 saturated heterocycles. The minimum atomic E-state index is -0.611. The maximum atomic E-state index is 12.5. The van der Waals surface area contributed by atoms with Gasteiger partial charge in [0, 0.05) is 17.3 Å². The number of hydrogen-bond acceptors (Lipinski definition) is 6. The molecule has 0 aliphatic carbocycles. The van der Waals surface area contributed by atoms with Gasteiger partial charge in [0.2, 0.25) is 0 Å². The smallest absolute Gasteiger partial charge is 0.338 e. The highest BCUT2D eigenvalue weighted by molar-refractivity contribution is 6.10. The van der Waals surface area contributed by atoms with Crippen LogP contribution >= 0.6 is 0 Å². The molecular weight excluding hydrogens is 384 g/mol. The molecule has 7 heteroatoms. The van der Waals surface area contributed by atoms with Crippen LogP contribution in [-0.2, 0) is 9.53 Å². The van der Waals surface area contributed by atoms with Gasteiger partial charge >= 0.3 is 5.97 Å². The summed E-state index contributed by atoms with van der Waals surface area (Å²) in [7, 11) is 1.51. The highest BCUT2D eigenvalue weighted by atomic mass is 16.5. The number of amides is 1. The van der Waals surface area contributed by atoms with Crippen LogP contribution in [0.1, 0.15) is 22.8 Å². The van der Waals surface area contributed by atoms with Crippen LogP contribution in [0, 0.1) is 23.7 Å². The molecule has 2 aromatic rings. The van der Waals surface area contributed by atoms with E-state index in [4.69, 9.17) is 20.6 Å². The average Bonchev–Trinajstić information content (AvgIpc) is 2.76. The van der Waals surface area contributed by atoms with Gasteiger partial charge in [-0.05, 0) is 49.4 Å². The number of hydrogen-bond donors (Lipinski definition) is 1. The number of terminal acetylenes is 1. The van der Waals surface area contributed by atoms with Crippen molar-refractivity contribution in [2.75, 3.05) is 25.6 Å². The van der Waals surface area contributed by atoms with Gasteiger partial charge in [-0.3, -0.25) is 4.79 Å². The van der Waals surface area contributed by atoms with Crippen molar-refractivity contribution in [3.8, 4) is 29.9 Å².